The Bertz CT molecular complexity index is 593. The van der Waals surface area contributed by atoms with Crippen LogP contribution >= 0.6 is 38.9 Å². The number of rotatable bonds is 2. The molecule has 0 saturated heterocycles. The fourth-order valence-corrected chi connectivity index (χ4v) is 3.05. The summed E-state index contributed by atoms with van der Waals surface area (Å²) in [5.74, 6) is -0.180. The molecule has 0 bridgehead atoms. The van der Waals surface area contributed by atoms with Crippen molar-refractivity contribution in [3.8, 4) is 0 Å². The van der Waals surface area contributed by atoms with Gasteiger partial charge in [0.2, 0.25) is 0 Å². The van der Waals surface area contributed by atoms with Crippen LogP contribution in [-0.4, -0.2) is 5.91 Å². The van der Waals surface area contributed by atoms with E-state index in [0.717, 1.165) is 9.35 Å². The third kappa shape index (κ3) is 2.85. The van der Waals surface area contributed by atoms with Crippen LogP contribution < -0.4 is 11.1 Å². The average molecular weight is 346 g/mol. The molecule has 0 atom stereocenters. The molecule has 94 valence electrons. The molecule has 0 spiro atoms. The molecule has 2 aromatic rings. The maximum atomic E-state index is 12.0. The standard InChI is InChI=1S/C12H10BrClN2OS/c1-6-4-10(18-11(6)13)12(17)16-9-3-2-7(15)5-8(9)14/h2-5H,15H2,1H3,(H,16,17). The van der Waals surface area contributed by atoms with E-state index in [1.807, 2.05) is 13.0 Å². The number of carbonyl (C=O) groups excluding carboxylic acids is 1. The van der Waals surface area contributed by atoms with Crippen LogP contribution in [0.1, 0.15) is 15.2 Å². The summed E-state index contributed by atoms with van der Waals surface area (Å²) in [7, 11) is 0. The molecule has 2 rings (SSSR count). The van der Waals surface area contributed by atoms with Crippen LogP contribution in [-0.2, 0) is 0 Å². The summed E-state index contributed by atoms with van der Waals surface area (Å²) in [5.41, 5.74) is 7.74. The Morgan fingerprint density at radius 2 is 2.17 bits per heavy atom. The molecule has 0 aliphatic carbocycles. The van der Waals surface area contributed by atoms with Crippen LogP contribution in [0.4, 0.5) is 11.4 Å². The molecular weight excluding hydrogens is 336 g/mol. The lowest BCUT2D eigenvalue weighted by Gasteiger charge is -2.06. The van der Waals surface area contributed by atoms with E-state index in [0.29, 0.717) is 21.3 Å². The highest BCUT2D eigenvalue weighted by atomic mass is 79.9. The van der Waals surface area contributed by atoms with Gasteiger partial charge in [-0.2, -0.15) is 0 Å². The minimum absolute atomic E-state index is 0.180. The van der Waals surface area contributed by atoms with Crippen molar-refractivity contribution in [3.63, 3.8) is 0 Å². The fraction of sp³-hybridized carbons (Fsp3) is 0.0833. The van der Waals surface area contributed by atoms with Gasteiger partial charge >= 0.3 is 0 Å². The predicted octanol–water partition coefficient (Wildman–Crippen LogP) is 4.31. The van der Waals surface area contributed by atoms with Crippen molar-refractivity contribution in [2.45, 2.75) is 6.92 Å². The van der Waals surface area contributed by atoms with Gasteiger partial charge in [0, 0.05) is 5.69 Å². The maximum Gasteiger partial charge on any atom is 0.265 e. The normalized spacial score (nSPS) is 10.4. The number of carbonyl (C=O) groups is 1. The van der Waals surface area contributed by atoms with Crippen molar-refractivity contribution >= 4 is 56.1 Å². The van der Waals surface area contributed by atoms with Gasteiger partial charge in [-0.25, -0.2) is 0 Å². The van der Waals surface area contributed by atoms with Crippen LogP contribution in [0.3, 0.4) is 0 Å². The maximum absolute atomic E-state index is 12.0. The van der Waals surface area contributed by atoms with Crippen molar-refractivity contribution in [1.29, 1.82) is 0 Å². The predicted molar refractivity (Wildman–Crippen MR) is 80.6 cm³/mol. The van der Waals surface area contributed by atoms with Crippen LogP contribution in [0, 0.1) is 6.92 Å². The molecule has 0 radical (unpaired) electrons. The minimum Gasteiger partial charge on any atom is -0.399 e. The second-order valence-corrected chi connectivity index (χ2v) is 6.54. The van der Waals surface area contributed by atoms with E-state index in [1.165, 1.54) is 11.3 Å². The number of nitrogens with two attached hydrogens (primary N) is 1. The molecule has 1 amide bonds. The molecule has 1 heterocycles. The van der Waals surface area contributed by atoms with E-state index in [1.54, 1.807) is 18.2 Å². The van der Waals surface area contributed by atoms with Gasteiger partial charge < -0.3 is 11.1 Å². The molecule has 18 heavy (non-hydrogen) atoms. The lowest BCUT2D eigenvalue weighted by Crippen LogP contribution is -2.10. The highest BCUT2D eigenvalue weighted by Crippen LogP contribution is 2.29. The molecule has 0 aliphatic rings. The Balaban J connectivity index is 2.21. The van der Waals surface area contributed by atoms with E-state index in [-0.39, 0.29) is 5.91 Å². The summed E-state index contributed by atoms with van der Waals surface area (Å²) < 4.78 is 0.955. The van der Waals surface area contributed by atoms with Gasteiger partial charge in [-0.1, -0.05) is 11.6 Å². The fourth-order valence-electron chi connectivity index (χ4n) is 1.39. The first-order valence-electron chi connectivity index (χ1n) is 5.09. The monoisotopic (exact) mass is 344 g/mol. The highest BCUT2D eigenvalue weighted by Gasteiger charge is 2.12. The molecule has 0 saturated carbocycles. The Kier molecular flexibility index (Phi) is 3.94. The van der Waals surface area contributed by atoms with E-state index < -0.39 is 0 Å². The van der Waals surface area contributed by atoms with E-state index in [2.05, 4.69) is 21.2 Å². The zero-order valence-electron chi connectivity index (χ0n) is 9.46. The van der Waals surface area contributed by atoms with Gasteiger partial charge in [0.25, 0.3) is 5.91 Å². The quantitative estimate of drug-likeness (QED) is 0.797. The van der Waals surface area contributed by atoms with Gasteiger partial charge in [-0.05, 0) is 52.7 Å². The second-order valence-electron chi connectivity index (χ2n) is 3.76. The summed E-state index contributed by atoms with van der Waals surface area (Å²) in [6, 6.07) is 6.81. The van der Waals surface area contributed by atoms with Crippen molar-refractivity contribution in [2.24, 2.45) is 0 Å². The number of aryl methyl sites for hydroxylation is 1. The molecule has 0 fully saturated rings. The average Bonchev–Trinajstić information content (AvgIpc) is 2.63. The number of nitrogens with one attached hydrogen (secondary N) is 1. The Hall–Kier alpha value is -1.04. The highest BCUT2D eigenvalue weighted by molar-refractivity contribution is 9.11. The minimum atomic E-state index is -0.180. The molecule has 0 aliphatic heterocycles. The number of nitrogen functional groups attached to an aromatic ring is 1. The number of amides is 1. The van der Waals surface area contributed by atoms with E-state index in [9.17, 15) is 4.79 Å². The summed E-state index contributed by atoms with van der Waals surface area (Å²) in [5, 5.41) is 3.18. The summed E-state index contributed by atoms with van der Waals surface area (Å²) >= 11 is 10.8. The molecule has 1 aromatic carbocycles. The van der Waals surface area contributed by atoms with E-state index >= 15 is 0 Å². The third-order valence-corrected chi connectivity index (χ3v) is 4.77. The summed E-state index contributed by atoms with van der Waals surface area (Å²) in [4.78, 5) is 12.6. The van der Waals surface area contributed by atoms with Gasteiger partial charge in [0.05, 0.1) is 19.4 Å². The molecule has 3 nitrogen and oxygen atoms in total. The summed E-state index contributed by atoms with van der Waals surface area (Å²) in [6.45, 7) is 1.94. The first kappa shape index (κ1) is 13.4. The van der Waals surface area contributed by atoms with Gasteiger partial charge in [-0.3, -0.25) is 4.79 Å². The van der Waals surface area contributed by atoms with Crippen LogP contribution in [0.25, 0.3) is 0 Å². The molecule has 3 N–H and O–H groups in total. The number of anilines is 2. The topological polar surface area (TPSA) is 55.1 Å². The Morgan fingerprint density at radius 1 is 1.44 bits per heavy atom. The zero-order valence-corrected chi connectivity index (χ0v) is 12.6. The van der Waals surface area contributed by atoms with Crippen molar-refractivity contribution in [3.05, 3.63) is 43.5 Å². The second kappa shape index (κ2) is 5.30. The summed E-state index contributed by atoms with van der Waals surface area (Å²) in [6.07, 6.45) is 0. The zero-order chi connectivity index (χ0) is 13.3. The van der Waals surface area contributed by atoms with E-state index in [4.69, 9.17) is 17.3 Å². The number of hydrogen-bond donors (Lipinski definition) is 2. The van der Waals surface area contributed by atoms with Gasteiger partial charge in [-0.15, -0.1) is 11.3 Å². The molecular formula is C12H10BrClN2OS. The van der Waals surface area contributed by atoms with Gasteiger partial charge in [0.15, 0.2) is 0 Å². The lowest BCUT2D eigenvalue weighted by atomic mass is 10.2. The van der Waals surface area contributed by atoms with Crippen LogP contribution in [0.5, 0.6) is 0 Å². The first-order valence-corrected chi connectivity index (χ1v) is 7.08. The van der Waals surface area contributed by atoms with Crippen molar-refractivity contribution in [1.82, 2.24) is 0 Å². The SMILES string of the molecule is Cc1cc(C(=O)Nc2ccc(N)cc2Cl)sc1Br. The molecule has 0 unspecified atom stereocenters. The number of thiophene rings is 1. The number of hydrogen-bond acceptors (Lipinski definition) is 3. The Labute approximate surface area is 122 Å². The lowest BCUT2D eigenvalue weighted by molar-refractivity contribution is 0.103. The smallest absolute Gasteiger partial charge is 0.265 e. The molecule has 1 aromatic heterocycles. The number of benzene rings is 1. The van der Waals surface area contributed by atoms with Crippen LogP contribution in [0.15, 0.2) is 28.1 Å². The third-order valence-electron chi connectivity index (χ3n) is 2.32. The number of halogens is 2. The van der Waals surface area contributed by atoms with Gasteiger partial charge in [0.1, 0.15) is 0 Å². The van der Waals surface area contributed by atoms with Crippen LogP contribution in [0.2, 0.25) is 5.02 Å². The first-order chi connectivity index (χ1) is 8.47. The van der Waals surface area contributed by atoms with Crippen molar-refractivity contribution in [2.75, 3.05) is 11.1 Å². The largest absolute Gasteiger partial charge is 0.399 e. The Morgan fingerprint density at radius 3 is 2.72 bits per heavy atom. The molecule has 6 heteroatoms. The van der Waals surface area contributed by atoms with Crippen molar-refractivity contribution < 1.29 is 4.79 Å².